The van der Waals surface area contributed by atoms with Crippen LogP contribution in [0.2, 0.25) is 0 Å². The maximum absolute atomic E-state index is 8.46. The van der Waals surface area contributed by atoms with E-state index in [1.807, 2.05) is 6.07 Å². The molecule has 3 nitrogen and oxygen atoms in total. The van der Waals surface area contributed by atoms with Crippen molar-refractivity contribution in [1.82, 2.24) is 4.90 Å². The molecule has 0 aromatic rings. The zero-order chi connectivity index (χ0) is 9.40. The fourth-order valence-electron chi connectivity index (χ4n) is 1.13. The highest BCUT2D eigenvalue weighted by atomic mass is 15.1. The van der Waals surface area contributed by atoms with E-state index in [1.54, 1.807) is 0 Å². The van der Waals surface area contributed by atoms with Crippen molar-refractivity contribution < 1.29 is 0 Å². The Balaban J connectivity index is 3.51. The summed E-state index contributed by atoms with van der Waals surface area (Å²) >= 11 is 0. The number of hydrogen-bond donors (Lipinski definition) is 1. The predicted octanol–water partition coefficient (Wildman–Crippen LogP) is 0.959. The van der Waals surface area contributed by atoms with Gasteiger partial charge in [-0.15, -0.1) is 0 Å². The summed E-state index contributed by atoms with van der Waals surface area (Å²) in [6.07, 6.45) is 1.94. The molecule has 0 aromatic carbocycles. The van der Waals surface area contributed by atoms with Gasteiger partial charge in [-0.2, -0.15) is 5.26 Å². The minimum absolute atomic E-state index is 0.295. The molecule has 0 radical (unpaired) electrons. The number of nitriles is 1. The molecule has 70 valence electrons. The van der Waals surface area contributed by atoms with Crippen LogP contribution in [0.3, 0.4) is 0 Å². The molecule has 0 fully saturated rings. The van der Waals surface area contributed by atoms with Crippen molar-refractivity contribution in [2.75, 3.05) is 19.6 Å². The summed E-state index contributed by atoms with van der Waals surface area (Å²) in [5.74, 6) is 0. The SMILES string of the molecule is CCCN(CC)CCC(N)C#N. The third kappa shape index (κ3) is 5.11. The lowest BCUT2D eigenvalue weighted by atomic mass is 10.2. The standard InChI is InChI=1S/C9H19N3/c1-3-6-12(4-2)7-5-9(11)8-10/h9H,3-7,11H2,1-2H3. The largest absolute Gasteiger partial charge is 0.316 e. The van der Waals surface area contributed by atoms with Gasteiger partial charge >= 0.3 is 0 Å². The summed E-state index contributed by atoms with van der Waals surface area (Å²) in [7, 11) is 0. The molecule has 2 N–H and O–H groups in total. The number of rotatable bonds is 6. The van der Waals surface area contributed by atoms with Crippen LogP contribution in [0.15, 0.2) is 0 Å². The van der Waals surface area contributed by atoms with Gasteiger partial charge in [0.15, 0.2) is 0 Å². The summed E-state index contributed by atoms with van der Waals surface area (Å²) in [4.78, 5) is 2.32. The fourth-order valence-corrected chi connectivity index (χ4v) is 1.13. The summed E-state index contributed by atoms with van der Waals surface area (Å²) < 4.78 is 0. The summed E-state index contributed by atoms with van der Waals surface area (Å²) in [5, 5.41) is 8.46. The van der Waals surface area contributed by atoms with Crippen LogP contribution in [0.5, 0.6) is 0 Å². The van der Waals surface area contributed by atoms with Crippen molar-refractivity contribution >= 4 is 0 Å². The van der Waals surface area contributed by atoms with E-state index in [-0.39, 0.29) is 6.04 Å². The Kier molecular flexibility index (Phi) is 6.73. The predicted molar refractivity (Wildman–Crippen MR) is 50.6 cm³/mol. The second kappa shape index (κ2) is 7.08. The first-order valence-corrected chi connectivity index (χ1v) is 4.62. The van der Waals surface area contributed by atoms with Gasteiger partial charge < -0.3 is 10.6 Å². The van der Waals surface area contributed by atoms with Crippen LogP contribution < -0.4 is 5.73 Å². The first kappa shape index (κ1) is 11.4. The Morgan fingerprint density at radius 3 is 2.50 bits per heavy atom. The minimum atomic E-state index is -0.295. The number of hydrogen-bond acceptors (Lipinski definition) is 3. The molecular weight excluding hydrogens is 150 g/mol. The van der Waals surface area contributed by atoms with Crippen LogP contribution in [0.4, 0.5) is 0 Å². The van der Waals surface area contributed by atoms with Crippen molar-refractivity contribution in [1.29, 1.82) is 5.26 Å². The molecule has 0 spiro atoms. The zero-order valence-corrected chi connectivity index (χ0v) is 8.08. The average Bonchev–Trinajstić information content (AvgIpc) is 2.11. The quantitative estimate of drug-likeness (QED) is 0.644. The molecule has 0 saturated heterocycles. The molecule has 0 aliphatic rings. The lowest BCUT2D eigenvalue weighted by Crippen LogP contribution is -2.30. The molecular formula is C9H19N3. The normalized spacial score (nSPS) is 12.9. The van der Waals surface area contributed by atoms with E-state index in [0.29, 0.717) is 0 Å². The zero-order valence-electron chi connectivity index (χ0n) is 8.08. The molecule has 0 saturated carbocycles. The molecule has 0 bridgehead atoms. The number of nitrogens with zero attached hydrogens (tertiary/aromatic N) is 2. The highest BCUT2D eigenvalue weighted by Gasteiger charge is 2.04. The van der Waals surface area contributed by atoms with Crippen molar-refractivity contribution in [2.45, 2.75) is 32.7 Å². The van der Waals surface area contributed by atoms with Crippen LogP contribution in [0.25, 0.3) is 0 Å². The summed E-state index contributed by atoms with van der Waals surface area (Å²) in [6.45, 7) is 7.39. The highest BCUT2D eigenvalue weighted by Crippen LogP contribution is 1.95. The maximum atomic E-state index is 8.46. The first-order valence-electron chi connectivity index (χ1n) is 4.62. The first-order chi connectivity index (χ1) is 5.74. The lowest BCUT2D eigenvalue weighted by molar-refractivity contribution is 0.282. The van der Waals surface area contributed by atoms with Gasteiger partial charge in [-0.05, 0) is 25.9 Å². The van der Waals surface area contributed by atoms with Gasteiger partial charge in [0.2, 0.25) is 0 Å². The molecule has 0 aliphatic heterocycles. The molecule has 1 atom stereocenters. The van der Waals surface area contributed by atoms with Gasteiger partial charge in [-0.1, -0.05) is 13.8 Å². The second-order valence-corrected chi connectivity index (χ2v) is 2.96. The molecule has 0 rings (SSSR count). The van der Waals surface area contributed by atoms with E-state index in [9.17, 15) is 0 Å². The Hall–Kier alpha value is -0.590. The lowest BCUT2D eigenvalue weighted by Gasteiger charge is -2.19. The van der Waals surface area contributed by atoms with Crippen LogP contribution in [-0.4, -0.2) is 30.6 Å². The van der Waals surface area contributed by atoms with Crippen LogP contribution in [0, 0.1) is 11.3 Å². The Morgan fingerprint density at radius 1 is 1.42 bits per heavy atom. The molecule has 0 amide bonds. The Bertz CT molecular complexity index is 139. The topological polar surface area (TPSA) is 53.0 Å². The summed E-state index contributed by atoms with van der Waals surface area (Å²) in [6, 6.07) is 1.74. The van der Waals surface area contributed by atoms with Crippen molar-refractivity contribution in [2.24, 2.45) is 5.73 Å². The molecule has 0 aliphatic carbocycles. The van der Waals surface area contributed by atoms with Crippen LogP contribution in [-0.2, 0) is 0 Å². The van der Waals surface area contributed by atoms with E-state index in [1.165, 1.54) is 0 Å². The maximum Gasteiger partial charge on any atom is 0.0940 e. The Morgan fingerprint density at radius 2 is 2.08 bits per heavy atom. The van der Waals surface area contributed by atoms with Gasteiger partial charge in [0, 0.05) is 6.54 Å². The van der Waals surface area contributed by atoms with Crippen molar-refractivity contribution in [3.8, 4) is 6.07 Å². The fraction of sp³-hybridized carbons (Fsp3) is 0.889. The minimum Gasteiger partial charge on any atom is -0.316 e. The van der Waals surface area contributed by atoms with E-state index in [0.717, 1.165) is 32.5 Å². The number of nitrogens with two attached hydrogens (primary N) is 1. The smallest absolute Gasteiger partial charge is 0.0940 e. The van der Waals surface area contributed by atoms with Gasteiger partial charge in [0.05, 0.1) is 12.1 Å². The molecule has 1 unspecified atom stereocenters. The van der Waals surface area contributed by atoms with E-state index in [4.69, 9.17) is 11.0 Å². The van der Waals surface area contributed by atoms with Gasteiger partial charge in [-0.3, -0.25) is 0 Å². The van der Waals surface area contributed by atoms with Crippen molar-refractivity contribution in [3.63, 3.8) is 0 Å². The van der Waals surface area contributed by atoms with Crippen molar-refractivity contribution in [3.05, 3.63) is 0 Å². The van der Waals surface area contributed by atoms with Gasteiger partial charge in [-0.25, -0.2) is 0 Å². The van der Waals surface area contributed by atoms with E-state index in [2.05, 4.69) is 18.7 Å². The van der Waals surface area contributed by atoms with Gasteiger partial charge in [0.25, 0.3) is 0 Å². The molecule has 0 aromatic heterocycles. The molecule has 12 heavy (non-hydrogen) atoms. The third-order valence-electron chi connectivity index (χ3n) is 1.91. The third-order valence-corrected chi connectivity index (χ3v) is 1.91. The second-order valence-electron chi connectivity index (χ2n) is 2.96. The highest BCUT2D eigenvalue weighted by molar-refractivity contribution is 4.86. The monoisotopic (exact) mass is 169 g/mol. The van der Waals surface area contributed by atoms with Crippen LogP contribution in [0.1, 0.15) is 26.7 Å². The summed E-state index contributed by atoms with van der Waals surface area (Å²) in [5.41, 5.74) is 5.48. The van der Waals surface area contributed by atoms with Gasteiger partial charge in [0.1, 0.15) is 0 Å². The van der Waals surface area contributed by atoms with E-state index < -0.39 is 0 Å². The molecule has 3 heteroatoms. The Labute approximate surface area is 75.2 Å². The average molecular weight is 169 g/mol. The van der Waals surface area contributed by atoms with E-state index >= 15 is 0 Å². The van der Waals surface area contributed by atoms with Crippen LogP contribution >= 0.6 is 0 Å². The molecule has 0 heterocycles.